The maximum absolute atomic E-state index is 5.91. The lowest BCUT2D eigenvalue weighted by Crippen LogP contribution is -2.32. The highest BCUT2D eigenvalue weighted by Gasteiger charge is 2.38. The zero-order valence-electron chi connectivity index (χ0n) is 11.2. The van der Waals surface area contributed by atoms with E-state index < -0.39 is 0 Å². The van der Waals surface area contributed by atoms with Gasteiger partial charge in [-0.15, -0.1) is 0 Å². The molecule has 2 atom stereocenters. The molecule has 2 N–H and O–H groups in total. The number of fused-ring (bicyclic) bond motifs is 3. The summed E-state index contributed by atoms with van der Waals surface area (Å²) < 4.78 is 0. The number of nitrogens with two attached hydrogens (primary N) is 1. The molecule has 1 aromatic carbocycles. The number of nitrogens with zero attached hydrogens (tertiary/aromatic N) is 2. The number of hydrogen-bond donors (Lipinski definition) is 1. The third-order valence-corrected chi connectivity index (χ3v) is 4.89. The molecule has 0 spiro atoms. The molecule has 1 aliphatic heterocycles. The lowest BCUT2D eigenvalue weighted by Gasteiger charge is -2.28. The first kappa shape index (κ1) is 12.1. The standard InChI is InChI=1S/C16H17N3S/c17-16(20)13-8-15(18-14-4-2-1-3-12(13)14)19-9-10-5-6-11(19)7-10/h1-4,8,10-11H,5-7,9H2,(H2,17,20). The van der Waals surface area contributed by atoms with Gasteiger partial charge in [0.2, 0.25) is 0 Å². The molecule has 1 aromatic heterocycles. The van der Waals surface area contributed by atoms with E-state index in [0.717, 1.165) is 34.7 Å². The minimum Gasteiger partial charge on any atom is -0.389 e. The van der Waals surface area contributed by atoms with Gasteiger partial charge in [-0.25, -0.2) is 4.98 Å². The van der Waals surface area contributed by atoms with E-state index in [-0.39, 0.29) is 0 Å². The molecule has 2 heterocycles. The Morgan fingerprint density at radius 1 is 1.30 bits per heavy atom. The number of anilines is 1. The molecule has 2 bridgehead atoms. The highest BCUT2D eigenvalue weighted by Crippen LogP contribution is 2.40. The summed E-state index contributed by atoms with van der Waals surface area (Å²) in [4.78, 5) is 7.73. The van der Waals surface area contributed by atoms with Gasteiger partial charge in [0.15, 0.2) is 0 Å². The van der Waals surface area contributed by atoms with Crippen LogP contribution in [0.3, 0.4) is 0 Å². The molecular weight excluding hydrogens is 266 g/mol. The van der Waals surface area contributed by atoms with Gasteiger partial charge in [0.25, 0.3) is 0 Å². The van der Waals surface area contributed by atoms with Gasteiger partial charge in [-0.05, 0) is 37.3 Å². The third-order valence-electron chi connectivity index (χ3n) is 4.67. The van der Waals surface area contributed by atoms with Crippen LogP contribution in [-0.2, 0) is 0 Å². The van der Waals surface area contributed by atoms with Gasteiger partial charge in [0, 0.05) is 23.5 Å². The van der Waals surface area contributed by atoms with Crippen molar-refractivity contribution >= 4 is 33.9 Å². The molecule has 20 heavy (non-hydrogen) atoms. The molecule has 4 rings (SSSR count). The van der Waals surface area contributed by atoms with Crippen LogP contribution in [0.4, 0.5) is 5.82 Å². The quantitative estimate of drug-likeness (QED) is 0.861. The van der Waals surface area contributed by atoms with Crippen LogP contribution in [0.5, 0.6) is 0 Å². The van der Waals surface area contributed by atoms with Crippen molar-refractivity contribution in [1.29, 1.82) is 0 Å². The van der Waals surface area contributed by atoms with Gasteiger partial charge < -0.3 is 10.6 Å². The normalized spacial score (nSPS) is 24.5. The summed E-state index contributed by atoms with van der Waals surface area (Å²) in [7, 11) is 0. The molecule has 0 amide bonds. The molecule has 102 valence electrons. The molecular formula is C16H17N3S. The summed E-state index contributed by atoms with van der Waals surface area (Å²) in [6, 6.07) is 10.8. The van der Waals surface area contributed by atoms with Crippen LogP contribution in [0.2, 0.25) is 0 Å². The van der Waals surface area contributed by atoms with Crippen LogP contribution >= 0.6 is 12.2 Å². The average molecular weight is 283 g/mol. The molecule has 2 unspecified atom stereocenters. The number of piperidine rings is 1. The Labute approximate surface area is 123 Å². The van der Waals surface area contributed by atoms with E-state index in [1.54, 1.807) is 0 Å². The Morgan fingerprint density at radius 3 is 2.85 bits per heavy atom. The lowest BCUT2D eigenvalue weighted by molar-refractivity contribution is 0.551. The second kappa shape index (κ2) is 4.42. The van der Waals surface area contributed by atoms with Gasteiger partial charge in [-0.2, -0.15) is 0 Å². The van der Waals surface area contributed by atoms with Crippen molar-refractivity contribution < 1.29 is 0 Å². The Bertz CT molecular complexity index is 697. The SMILES string of the molecule is NC(=S)c1cc(N2CC3CCC2C3)nc2ccccc12. The average Bonchev–Trinajstić information content (AvgIpc) is 3.08. The van der Waals surface area contributed by atoms with Crippen LogP contribution in [0, 0.1) is 5.92 Å². The minimum atomic E-state index is 0.453. The number of aromatic nitrogens is 1. The van der Waals surface area contributed by atoms with Crippen molar-refractivity contribution in [2.45, 2.75) is 25.3 Å². The number of pyridine rings is 1. The van der Waals surface area contributed by atoms with Crippen molar-refractivity contribution in [3.8, 4) is 0 Å². The molecule has 2 aliphatic rings. The highest BCUT2D eigenvalue weighted by molar-refractivity contribution is 7.80. The fourth-order valence-corrected chi connectivity index (χ4v) is 3.89. The van der Waals surface area contributed by atoms with Gasteiger partial charge >= 0.3 is 0 Å². The molecule has 2 aromatic rings. The smallest absolute Gasteiger partial charge is 0.130 e. The number of benzene rings is 1. The first-order valence-electron chi connectivity index (χ1n) is 7.18. The summed E-state index contributed by atoms with van der Waals surface area (Å²) in [6.45, 7) is 1.13. The van der Waals surface area contributed by atoms with Gasteiger partial charge in [-0.3, -0.25) is 0 Å². The molecule has 2 fully saturated rings. The first-order chi connectivity index (χ1) is 9.72. The zero-order valence-corrected chi connectivity index (χ0v) is 12.1. The van der Waals surface area contributed by atoms with Crippen LogP contribution in [0.1, 0.15) is 24.8 Å². The maximum Gasteiger partial charge on any atom is 0.130 e. The summed E-state index contributed by atoms with van der Waals surface area (Å²) in [5.74, 6) is 1.89. The molecule has 1 aliphatic carbocycles. The predicted molar refractivity (Wildman–Crippen MR) is 86.1 cm³/mol. The van der Waals surface area contributed by atoms with Crippen molar-refractivity contribution in [3.63, 3.8) is 0 Å². The Morgan fingerprint density at radius 2 is 2.15 bits per heavy atom. The Hall–Kier alpha value is -1.68. The topological polar surface area (TPSA) is 42.1 Å². The van der Waals surface area contributed by atoms with E-state index >= 15 is 0 Å². The van der Waals surface area contributed by atoms with Crippen LogP contribution in [-0.4, -0.2) is 22.6 Å². The van der Waals surface area contributed by atoms with Crippen LogP contribution in [0.25, 0.3) is 10.9 Å². The maximum atomic E-state index is 5.91. The summed E-state index contributed by atoms with van der Waals surface area (Å²) in [5, 5.41) is 1.05. The van der Waals surface area contributed by atoms with Gasteiger partial charge in [0.05, 0.1) is 5.52 Å². The number of rotatable bonds is 2. The second-order valence-corrected chi connectivity index (χ2v) is 6.33. The molecule has 4 heteroatoms. The third kappa shape index (κ3) is 1.79. The molecule has 1 saturated carbocycles. The van der Waals surface area contributed by atoms with E-state index in [2.05, 4.69) is 11.0 Å². The van der Waals surface area contributed by atoms with Crippen molar-refractivity contribution in [2.24, 2.45) is 11.7 Å². The fraction of sp³-hybridized carbons (Fsp3) is 0.375. The fourth-order valence-electron chi connectivity index (χ4n) is 3.72. The van der Waals surface area contributed by atoms with E-state index in [0.29, 0.717) is 11.0 Å². The number of para-hydroxylation sites is 1. The minimum absolute atomic E-state index is 0.453. The largest absolute Gasteiger partial charge is 0.389 e. The van der Waals surface area contributed by atoms with Gasteiger partial charge in [-0.1, -0.05) is 30.4 Å². The van der Waals surface area contributed by atoms with Crippen molar-refractivity contribution in [2.75, 3.05) is 11.4 Å². The Kier molecular flexibility index (Phi) is 2.67. The van der Waals surface area contributed by atoms with E-state index in [1.807, 2.05) is 24.3 Å². The number of thiocarbonyl (C=S) groups is 1. The highest BCUT2D eigenvalue weighted by atomic mass is 32.1. The zero-order chi connectivity index (χ0) is 13.7. The molecule has 3 nitrogen and oxygen atoms in total. The van der Waals surface area contributed by atoms with Crippen LogP contribution in [0.15, 0.2) is 30.3 Å². The first-order valence-corrected chi connectivity index (χ1v) is 7.59. The van der Waals surface area contributed by atoms with E-state index in [1.165, 1.54) is 19.3 Å². The van der Waals surface area contributed by atoms with E-state index in [9.17, 15) is 0 Å². The Balaban J connectivity index is 1.86. The summed E-state index contributed by atoms with van der Waals surface area (Å²) in [5.41, 5.74) is 7.84. The number of hydrogen-bond acceptors (Lipinski definition) is 3. The monoisotopic (exact) mass is 283 g/mol. The molecule has 0 radical (unpaired) electrons. The van der Waals surface area contributed by atoms with Crippen molar-refractivity contribution in [1.82, 2.24) is 4.98 Å². The molecule has 1 saturated heterocycles. The van der Waals surface area contributed by atoms with E-state index in [4.69, 9.17) is 22.9 Å². The second-order valence-electron chi connectivity index (χ2n) is 5.89. The summed E-state index contributed by atoms with van der Waals surface area (Å²) in [6.07, 6.45) is 3.98. The van der Waals surface area contributed by atoms with Crippen molar-refractivity contribution in [3.05, 3.63) is 35.9 Å². The lowest BCUT2D eigenvalue weighted by atomic mass is 10.1. The van der Waals surface area contributed by atoms with Gasteiger partial charge in [0.1, 0.15) is 10.8 Å². The predicted octanol–water partition coefficient (Wildman–Crippen LogP) is 2.86. The van der Waals surface area contributed by atoms with Crippen LogP contribution < -0.4 is 10.6 Å². The summed E-state index contributed by atoms with van der Waals surface area (Å²) >= 11 is 5.22.